The molecule has 0 aliphatic heterocycles. The third-order valence-electron chi connectivity index (χ3n) is 4.07. The van der Waals surface area contributed by atoms with Crippen LogP contribution in [0.2, 0.25) is 0 Å². The van der Waals surface area contributed by atoms with Crippen LogP contribution in [0.4, 0.5) is 0 Å². The summed E-state index contributed by atoms with van der Waals surface area (Å²) in [5.41, 5.74) is 3.36. The Morgan fingerprint density at radius 3 is 1.91 bits per heavy atom. The van der Waals surface area contributed by atoms with Gasteiger partial charge in [0.2, 0.25) is 0 Å². The zero-order chi connectivity index (χ0) is 16.8. The lowest BCUT2D eigenvalue weighted by atomic mass is 9.91. The lowest BCUT2D eigenvalue weighted by Crippen LogP contribution is -2.05. The number of aldehydes is 1. The second kappa shape index (κ2) is 7.82. The summed E-state index contributed by atoms with van der Waals surface area (Å²) in [5, 5.41) is 0. The number of carbonyl (C=O) groups is 1. The van der Waals surface area contributed by atoms with E-state index in [1.165, 1.54) is 5.56 Å². The van der Waals surface area contributed by atoms with Crippen molar-refractivity contribution in [2.75, 3.05) is 14.2 Å². The maximum absolute atomic E-state index is 11.6. The van der Waals surface area contributed by atoms with Gasteiger partial charge < -0.3 is 14.3 Å². The lowest BCUT2D eigenvalue weighted by Gasteiger charge is -2.14. The number of rotatable bonds is 7. The molecule has 0 aliphatic rings. The van der Waals surface area contributed by atoms with Gasteiger partial charge in [-0.2, -0.15) is 0 Å². The van der Waals surface area contributed by atoms with Crippen molar-refractivity contribution in [1.82, 2.24) is 0 Å². The molecule has 0 aliphatic carbocycles. The Hall–Kier alpha value is -2.29. The van der Waals surface area contributed by atoms with Gasteiger partial charge in [0.05, 0.1) is 14.2 Å². The van der Waals surface area contributed by atoms with Gasteiger partial charge in [-0.05, 0) is 41.2 Å². The quantitative estimate of drug-likeness (QED) is 0.713. The predicted octanol–water partition coefficient (Wildman–Crippen LogP) is 4.35. The summed E-state index contributed by atoms with van der Waals surface area (Å²) in [6.07, 6.45) is 1.66. The number of benzene rings is 2. The smallest absolute Gasteiger partial charge is 0.127 e. The minimum absolute atomic E-state index is 0.219. The molecule has 0 radical (unpaired) electrons. The molecule has 0 heterocycles. The predicted molar refractivity (Wildman–Crippen MR) is 92.6 cm³/mol. The summed E-state index contributed by atoms with van der Waals surface area (Å²) in [5.74, 6) is 1.68. The van der Waals surface area contributed by atoms with Gasteiger partial charge in [-0.1, -0.05) is 38.1 Å². The minimum Gasteiger partial charge on any atom is -0.497 e. The van der Waals surface area contributed by atoms with Gasteiger partial charge in [0.15, 0.2) is 0 Å². The maximum atomic E-state index is 11.6. The summed E-state index contributed by atoms with van der Waals surface area (Å²) < 4.78 is 10.6. The fraction of sp³-hybridized carbons (Fsp3) is 0.350. The summed E-state index contributed by atoms with van der Waals surface area (Å²) in [7, 11) is 3.22. The van der Waals surface area contributed by atoms with E-state index in [4.69, 9.17) is 9.47 Å². The molecule has 1 unspecified atom stereocenters. The van der Waals surface area contributed by atoms with Crippen LogP contribution in [-0.4, -0.2) is 20.5 Å². The topological polar surface area (TPSA) is 35.5 Å². The van der Waals surface area contributed by atoms with Crippen LogP contribution in [0, 0.1) is 0 Å². The number of methoxy groups -OCH3 is 2. The highest BCUT2D eigenvalue weighted by molar-refractivity contribution is 5.64. The van der Waals surface area contributed by atoms with E-state index in [1.807, 2.05) is 18.2 Å². The van der Waals surface area contributed by atoms with Crippen molar-refractivity contribution in [3.63, 3.8) is 0 Å². The van der Waals surface area contributed by atoms with E-state index >= 15 is 0 Å². The normalized spacial score (nSPS) is 12.0. The second-order valence-electron chi connectivity index (χ2n) is 5.99. The van der Waals surface area contributed by atoms with Gasteiger partial charge in [-0.25, -0.2) is 0 Å². The molecule has 3 heteroatoms. The molecule has 23 heavy (non-hydrogen) atoms. The molecule has 0 N–H and O–H groups in total. The summed E-state index contributed by atoms with van der Waals surface area (Å²) in [6.45, 7) is 4.34. The van der Waals surface area contributed by atoms with Crippen LogP contribution in [0.5, 0.6) is 11.5 Å². The van der Waals surface area contributed by atoms with Crippen LogP contribution in [0.1, 0.15) is 42.4 Å². The van der Waals surface area contributed by atoms with Crippen molar-refractivity contribution in [2.24, 2.45) is 0 Å². The Bertz CT molecular complexity index is 622. The van der Waals surface area contributed by atoms with Gasteiger partial charge >= 0.3 is 0 Å². The Morgan fingerprint density at radius 2 is 1.48 bits per heavy atom. The molecule has 0 bridgehead atoms. The monoisotopic (exact) mass is 312 g/mol. The lowest BCUT2D eigenvalue weighted by molar-refractivity contribution is -0.109. The Labute approximate surface area is 138 Å². The molecular weight excluding hydrogens is 288 g/mol. The average molecular weight is 312 g/mol. The van der Waals surface area contributed by atoms with Crippen LogP contribution in [0.25, 0.3) is 0 Å². The fourth-order valence-electron chi connectivity index (χ4n) is 2.58. The highest BCUT2D eigenvalue weighted by Crippen LogP contribution is 2.29. The van der Waals surface area contributed by atoms with Crippen LogP contribution in [0.15, 0.2) is 42.5 Å². The molecule has 0 fully saturated rings. The van der Waals surface area contributed by atoms with Crippen molar-refractivity contribution < 1.29 is 14.3 Å². The Balaban J connectivity index is 2.24. The fourth-order valence-corrected chi connectivity index (χ4v) is 2.58. The highest BCUT2D eigenvalue weighted by Gasteiger charge is 2.14. The Morgan fingerprint density at radius 1 is 0.913 bits per heavy atom. The SMILES string of the molecule is COc1cc(OC)cc(C(C=O)Cc2ccc(C(C)C)cc2)c1. The van der Waals surface area contributed by atoms with Crippen molar-refractivity contribution in [2.45, 2.75) is 32.1 Å². The number of hydrogen-bond donors (Lipinski definition) is 0. The number of hydrogen-bond acceptors (Lipinski definition) is 3. The standard InChI is InChI=1S/C20H24O3/c1-14(2)16-7-5-15(6-8-16)9-18(13-21)17-10-19(22-3)12-20(11-17)23-4/h5-8,10-14,18H,9H2,1-4H3. The van der Waals surface area contributed by atoms with Gasteiger partial charge in [0, 0.05) is 12.0 Å². The minimum atomic E-state index is -0.219. The van der Waals surface area contributed by atoms with E-state index in [9.17, 15) is 4.79 Å². The van der Waals surface area contributed by atoms with Crippen LogP contribution in [-0.2, 0) is 11.2 Å². The first kappa shape index (κ1) is 17.1. The van der Waals surface area contributed by atoms with Crippen LogP contribution in [0.3, 0.4) is 0 Å². The van der Waals surface area contributed by atoms with Crippen molar-refractivity contribution in [1.29, 1.82) is 0 Å². The number of carbonyl (C=O) groups excluding carboxylic acids is 1. The van der Waals surface area contributed by atoms with Crippen LogP contribution >= 0.6 is 0 Å². The summed E-state index contributed by atoms with van der Waals surface area (Å²) in [6, 6.07) is 14.1. The number of ether oxygens (including phenoxy) is 2. The maximum Gasteiger partial charge on any atom is 0.127 e. The van der Waals surface area contributed by atoms with E-state index < -0.39 is 0 Å². The first-order valence-electron chi connectivity index (χ1n) is 7.84. The first-order chi connectivity index (χ1) is 11.1. The summed E-state index contributed by atoms with van der Waals surface area (Å²) in [4.78, 5) is 11.6. The molecule has 122 valence electrons. The van der Waals surface area contributed by atoms with E-state index in [-0.39, 0.29) is 5.92 Å². The molecule has 2 aromatic rings. The van der Waals surface area contributed by atoms with Gasteiger partial charge in [-0.3, -0.25) is 0 Å². The second-order valence-corrected chi connectivity index (χ2v) is 5.99. The molecule has 0 saturated carbocycles. The van der Waals surface area contributed by atoms with E-state index in [2.05, 4.69) is 38.1 Å². The third-order valence-corrected chi connectivity index (χ3v) is 4.07. The third kappa shape index (κ3) is 4.35. The highest BCUT2D eigenvalue weighted by atomic mass is 16.5. The zero-order valence-corrected chi connectivity index (χ0v) is 14.2. The molecule has 0 aromatic heterocycles. The molecule has 0 spiro atoms. The largest absolute Gasteiger partial charge is 0.497 e. The van der Waals surface area contributed by atoms with Crippen LogP contribution < -0.4 is 9.47 Å². The van der Waals surface area contributed by atoms with E-state index in [1.54, 1.807) is 14.2 Å². The summed E-state index contributed by atoms with van der Waals surface area (Å²) >= 11 is 0. The van der Waals surface area contributed by atoms with Crippen molar-refractivity contribution in [3.8, 4) is 11.5 Å². The van der Waals surface area contributed by atoms with E-state index in [0.717, 1.165) is 17.4 Å². The molecule has 2 rings (SSSR count). The van der Waals surface area contributed by atoms with Gasteiger partial charge in [0.1, 0.15) is 17.8 Å². The molecule has 0 amide bonds. The molecular formula is C20H24O3. The average Bonchev–Trinajstić information content (AvgIpc) is 2.59. The molecule has 3 nitrogen and oxygen atoms in total. The van der Waals surface area contributed by atoms with E-state index in [0.29, 0.717) is 23.8 Å². The van der Waals surface area contributed by atoms with Gasteiger partial charge in [-0.15, -0.1) is 0 Å². The Kier molecular flexibility index (Phi) is 5.80. The zero-order valence-electron chi connectivity index (χ0n) is 14.2. The van der Waals surface area contributed by atoms with Crippen molar-refractivity contribution >= 4 is 6.29 Å². The molecule has 2 aromatic carbocycles. The van der Waals surface area contributed by atoms with Crippen molar-refractivity contribution in [3.05, 3.63) is 59.2 Å². The molecule has 0 saturated heterocycles. The molecule has 1 atom stereocenters. The first-order valence-corrected chi connectivity index (χ1v) is 7.84. The van der Waals surface area contributed by atoms with Gasteiger partial charge in [0.25, 0.3) is 0 Å².